The summed E-state index contributed by atoms with van der Waals surface area (Å²) < 4.78 is 4.94. The van der Waals surface area contributed by atoms with E-state index in [9.17, 15) is 4.79 Å². The minimum Gasteiger partial charge on any atom is -0.379 e. The highest BCUT2D eigenvalue weighted by Gasteiger charge is 2.12. The van der Waals surface area contributed by atoms with E-state index in [2.05, 4.69) is 6.92 Å². The van der Waals surface area contributed by atoms with Crippen LogP contribution < -0.4 is 0 Å². The summed E-state index contributed by atoms with van der Waals surface area (Å²) in [6, 6.07) is 0. The maximum Gasteiger partial charge on any atom is 0.209 e. The monoisotopic (exact) mass is 215 g/mol. The SMILES string of the molecule is CC1CCN(C=O)CC1.COC(C)(C)C. The maximum atomic E-state index is 10.2. The molecule has 1 rings (SSSR count). The van der Waals surface area contributed by atoms with Crippen molar-refractivity contribution in [3.63, 3.8) is 0 Å². The van der Waals surface area contributed by atoms with Gasteiger partial charge in [0.2, 0.25) is 6.41 Å². The average molecular weight is 215 g/mol. The first-order chi connectivity index (χ1) is 6.89. The van der Waals surface area contributed by atoms with E-state index in [-0.39, 0.29) is 5.60 Å². The van der Waals surface area contributed by atoms with Crippen molar-refractivity contribution in [3.8, 4) is 0 Å². The molecule has 0 aliphatic carbocycles. The Hall–Kier alpha value is -0.570. The minimum atomic E-state index is 0.0417. The van der Waals surface area contributed by atoms with Gasteiger partial charge in [0, 0.05) is 20.2 Å². The first-order valence-corrected chi connectivity index (χ1v) is 5.63. The van der Waals surface area contributed by atoms with E-state index in [0.29, 0.717) is 0 Å². The van der Waals surface area contributed by atoms with Gasteiger partial charge in [-0.2, -0.15) is 0 Å². The Morgan fingerprint density at radius 2 is 1.67 bits per heavy atom. The van der Waals surface area contributed by atoms with Gasteiger partial charge in [-0.05, 0) is 39.5 Å². The highest BCUT2D eigenvalue weighted by molar-refractivity contribution is 5.46. The molecule has 0 aromatic carbocycles. The van der Waals surface area contributed by atoms with Gasteiger partial charge in [0.05, 0.1) is 5.60 Å². The normalized spacial score (nSPS) is 18.1. The zero-order valence-corrected chi connectivity index (χ0v) is 10.7. The van der Waals surface area contributed by atoms with Crippen molar-refractivity contribution in [3.05, 3.63) is 0 Å². The average Bonchev–Trinajstić information content (AvgIpc) is 2.19. The third-order valence-electron chi connectivity index (χ3n) is 2.58. The Morgan fingerprint density at radius 1 is 1.27 bits per heavy atom. The Labute approximate surface area is 93.8 Å². The number of nitrogens with zero attached hydrogens (tertiary/aromatic N) is 1. The van der Waals surface area contributed by atoms with E-state index in [4.69, 9.17) is 4.74 Å². The third kappa shape index (κ3) is 8.43. The fourth-order valence-electron chi connectivity index (χ4n) is 1.13. The second kappa shape index (κ2) is 6.83. The quantitative estimate of drug-likeness (QED) is 0.628. The lowest BCUT2D eigenvalue weighted by Crippen LogP contribution is -2.31. The molecule has 0 atom stereocenters. The largest absolute Gasteiger partial charge is 0.379 e. The van der Waals surface area contributed by atoms with Crippen LogP contribution in [-0.2, 0) is 9.53 Å². The standard InChI is InChI=1S/C7H13NO.C5H12O/c1-7-2-4-8(6-9)5-3-7;1-5(2,3)6-4/h6-7H,2-5H2,1H3;1-4H3. The fraction of sp³-hybridized carbons (Fsp3) is 0.917. The summed E-state index contributed by atoms with van der Waals surface area (Å²) in [6.07, 6.45) is 3.31. The smallest absolute Gasteiger partial charge is 0.209 e. The van der Waals surface area contributed by atoms with E-state index in [1.165, 1.54) is 12.8 Å². The highest BCUT2D eigenvalue weighted by Crippen LogP contribution is 2.13. The van der Waals surface area contributed by atoms with Gasteiger partial charge >= 0.3 is 0 Å². The van der Waals surface area contributed by atoms with Gasteiger partial charge in [-0.25, -0.2) is 0 Å². The number of likely N-dealkylation sites (tertiary alicyclic amines) is 1. The van der Waals surface area contributed by atoms with Crippen LogP contribution in [0.3, 0.4) is 0 Å². The topological polar surface area (TPSA) is 29.5 Å². The van der Waals surface area contributed by atoms with Crippen LogP contribution in [0.4, 0.5) is 0 Å². The number of amides is 1. The number of ether oxygens (including phenoxy) is 1. The van der Waals surface area contributed by atoms with Crippen LogP contribution in [0.25, 0.3) is 0 Å². The summed E-state index contributed by atoms with van der Waals surface area (Å²) in [4.78, 5) is 12.0. The molecule has 1 heterocycles. The third-order valence-corrected chi connectivity index (χ3v) is 2.58. The van der Waals surface area contributed by atoms with Crippen LogP contribution in [0.1, 0.15) is 40.5 Å². The summed E-state index contributed by atoms with van der Waals surface area (Å²) in [5, 5.41) is 0. The Morgan fingerprint density at radius 3 is 1.93 bits per heavy atom. The lowest BCUT2D eigenvalue weighted by Gasteiger charge is -2.26. The zero-order chi connectivity index (χ0) is 11.9. The second-order valence-electron chi connectivity index (χ2n) is 5.14. The van der Waals surface area contributed by atoms with Crippen molar-refractivity contribution in [2.24, 2.45) is 5.92 Å². The molecule has 15 heavy (non-hydrogen) atoms. The highest BCUT2D eigenvalue weighted by atomic mass is 16.5. The lowest BCUT2D eigenvalue weighted by molar-refractivity contribution is -0.119. The van der Waals surface area contributed by atoms with Crippen LogP contribution in [0, 0.1) is 5.92 Å². The van der Waals surface area contributed by atoms with Gasteiger partial charge in [-0.15, -0.1) is 0 Å². The Bertz CT molecular complexity index is 167. The molecule has 0 radical (unpaired) electrons. The number of piperidine rings is 1. The maximum absolute atomic E-state index is 10.2. The number of carbonyl (C=O) groups is 1. The van der Waals surface area contributed by atoms with Crippen LogP contribution >= 0.6 is 0 Å². The summed E-state index contributed by atoms with van der Waals surface area (Å²) in [7, 11) is 1.71. The van der Waals surface area contributed by atoms with Crippen LogP contribution in [0.5, 0.6) is 0 Å². The molecule has 0 spiro atoms. The van der Waals surface area contributed by atoms with Crippen LogP contribution in [0.2, 0.25) is 0 Å². The van der Waals surface area contributed by atoms with Crippen molar-refractivity contribution in [2.45, 2.75) is 46.1 Å². The molecule has 1 fully saturated rings. The van der Waals surface area contributed by atoms with E-state index in [1.807, 2.05) is 25.7 Å². The molecule has 0 N–H and O–H groups in total. The molecule has 3 heteroatoms. The number of hydrogen-bond donors (Lipinski definition) is 0. The molecule has 1 aliphatic rings. The number of rotatable bonds is 1. The van der Waals surface area contributed by atoms with E-state index < -0.39 is 0 Å². The Balaban J connectivity index is 0.000000288. The predicted octanol–water partition coefficient (Wildman–Crippen LogP) is 2.31. The summed E-state index contributed by atoms with van der Waals surface area (Å²) in [6.45, 7) is 10.2. The summed E-state index contributed by atoms with van der Waals surface area (Å²) in [5.74, 6) is 0.821. The molecule has 90 valence electrons. The van der Waals surface area contributed by atoms with Crippen LogP contribution in [0.15, 0.2) is 0 Å². The van der Waals surface area contributed by atoms with Crippen molar-refractivity contribution in [1.82, 2.24) is 4.90 Å². The summed E-state index contributed by atoms with van der Waals surface area (Å²) >= 11 is 0. The van der Waals surface area contributed by atoms with E-state index in [1.54, 1.807) is 7.11 Å². The molecule has 1 saturated heterocycles. The molecule has 0 unspecified atom stereocenters. The molecule has 0 aromatic rings. The van der Waals surface area contributed by atoms with Gasteiger partial charge < -0.3 is 9.64 Å². The predicted molar refractivity (Wildman–Crippen MR) is 62.8 cm³/mol. The molecule has 1 amide bonds. The molecule has 3 nitrogen and oxygen atoms in total. The Kier molecular flexibility index (Phi) is 6.57. The lowest BCUT2D eigenvalue weighted by atomic mass is 10.00. The first-order valence-electron chi connectivity index (χ1n) is 5.63. The van der Waals surface area contributed by atoms with E-state index >= 15 is 0 Å². The fourth-order valence-corrected chi connectivity index (χ4v) is 1.13. The van der Waals surface area contributed by atoms with Gasteiger partial charge in [-0.1, -0.05) is 6.92 Å². The van der Waals surface area contributed by atoms with Gasteiger partial charge in [-0.3, -0.25) is 4.79 Å². The molecule has 0 bridgehead atoms. The summed E-state index contributed by atoms with van der Waals surface area (Å²) in [5.41, 5.74) is 0.0417. The van der Waals surface area contributed by atoms with Crippen molar-refractivity contribution in [2.75, 3.05) is 20.2 Å². The van der Waals surface area contributed by atoms with E-state index in [0.717, 1.165) is 25.4 Å². The number of carbonyl (C=O) groups excluding carboxylic acids is 1. The zero-order valence-electron chi connectivity index (χ0n) is 10.7. The minimum absolute atomic E-state index is 0.0417. The van der Waals surface area contributed by atoms with Crippen molar-refractivity contribution < 1.29 is 9.53 Å². The molecule has 0 aromatic heterocycles. The van der Waals surface area contributed by atoms with Gasteiger partial charge in [0.15, 0.2) is 0 Å². The van der Waals surface area contributed by atoms with Crippen molar-refractivity contribution >= 4 is 6.41 Å². The van der Waals surface area contributed by atoms with Gasteiger partial charge in [0.25, 0.3) is 0 Å². The molecular weight excluding hydrogens is 190 g/mol. The number of hydrogen-bond acceptors (Lipinski definition) is 2. The van der Waals surface area contributed by atoms with Gasteiger partial charge in [0.1, 0.15) is 0 Å². The molecule has 0 saturated carbocycles. The van der Waals surface area contributed by atoms with Crippen LogP contribution in [-0.4, -0.2) is 37.1 Å². The second-order valence-corrected chi connectivity index (χ2v) is 5.14. The van der Waals surface area contributed by atoms with Crippen molar-refractivity contribution in [1.29, 1.82) is 0 Å². The number of methoxy groups -OCH3 is 1. The molecular formula is C12H25NO2. The molecule has 1 aliphatic heterocycles. The first kappa shape index (κ1) is 14.4.